The van der Waals surface area contributed by atoms with E-state index in [1.165, 1.54) is 6.92 Å². The van der Waals surface area contributed by atoms with E-state index in [2.05, 4.69) is 11.8 Å². The minimum Gasteiger partial charge on any atom is -0.374 e. The Bertz CT molecular complexity index is 391. The summed E-state index contributed by atoms with van der Waals surface area (Å²) in [4.78, 5) is 9.78. The number of hydrogen-bond donors (Lipinski definition) is 1. The number of benzene rings is 1. The van der Waals surface area contributed by atoms with Gasteiger partial charge in [0.05, 0.1) is 0 Å². The fourth-order valence-electron chi connectivity index (χ4n) is 0.915. The van der Waals surface area contributed by atoms with E-state index in [9.17, 15) is 15.2 Å². The van der Waals surface area contributed by atoms with Gasteiger partial charge in [-0.1, -0.05) is 30.0 Å². The lowest BCUT2D eigenvalue weighted by atomic mass is 10.1. The van der Waals surface area contributed by atoms with Crippen LogP contribution in [-0.2, 0) is 0 Å². The summed E-state index contributed by atoms with van der Waals surface area (Å²) in [5, 5.41) is 19.7. The fraction of sp³-hybridized carbons (Fsp3) is 0.273. The van der Waals surface area contributed by atoms with Gasteiger partial charge in [-0.3, -0.25) is 10.1 Å². The molecule has 1 aromatic carbocycles. The van der Waals surface area contributed by atoms with E-state index >= 15 is 0 Å². The molecule has 0 amide bonds. The number of nitro groups is 1. The molecule has 1 N–H and O–H groups in total. The van der Waals surface area contributed by atoms with Crippen molar-refractivity contribution >= 4 is 0 Å². The van der Waals surface area contributed by atoms with Crippen LogP contribution in [0.1, 0.15) is 12.5 Å². The van der Waals surface area contributed by atoms with E-state index in [0.29, 0.717) is 0 Å². The van der Waals surface area contributed by atoms with E-state index in [1.54, 1.807) is 12.1 Å². The predicted octanol–water partition coefficient (Wildman–Crippen LogP) is 1.06. The highest BCUT2D eigenvalue weighted by molar-refractivity contribution is 5.34. The molecule has 0 aromatic heterocycles. The van der Waals surface area contributed by atoms with Crippen LogP contribution in [0.15, 0.2) is 30.3 Å². The van der Waals surface area contributed by atoms with E-state index in [1.807, 2.05) is 18.2 Å². The maximum atomic E-state index is 10.3. The van der Waals surface area contributed by atoms with Crippen LogP contribution in [0, 0.1) is 22.0 Å². The topological polar surface area (TPSA) is 63.4 Å². The molecule has 0 fully saturated rings. The first-order chi connectivity index (χ1) is 7.11. The van der Waals surface area contributed by atoms with Crippen LogP contribution in [0.5, 0.6) is 0 Å². The molecule has 1 aromatic rings. The average molecular weight is 205 g/mol. The molecule has 0 spiro atoms. The lowest BCUT2D eigenvalue weighted by Crippen LogP contribution is -2.29. The summed E-state index contributed by atoms with van der Waals surface area (Å²) in [6, 6.07) is 7.95. The molecule has 0 aliphatic heterocycles. The first-order valence-corrected chi connectivity index (χ1v) is 4.49. The molecule has 0 heterocycles. The van der Waals surface area contributed by atoms with Crippen LogP contribution < -0.4 is 0 Å². The smallest absolute Gasteiger partial charge is 0.246 e. The molecule has 0 saturated carbocycles. The van der Waals surface area contributed by atoms with Crippen molar-refractivity contribution in [3.63, 3.8) is 0 Å². The van der Waals surface area contributed by atoms with Gasteiger partial charge in [0.15, 0.2) is 6.10 Å². The molecular weight excluding hydrogens is 194 g/mol. The Kier molecular flexibility index (Phi) is 3.83. The van der Waals surface area contributed by atoms with Crippen molar-refractivity contribution in [1.29, 1.82) is 0 Å². The maximum absolute atomic E-state index is 10.3. The van der Waals surface area contributed by atoms with Crippen molar-refractivity contribution in [2.24, 2.45) is 0 Å². The van der Waals surface area contributed by atoms with Crippen LogP contribution >= 0.6 is 0 Å². The van der Waals surface area contributed by atoms with E-state index in [4.69, 9.17) is 0 Å². The third-order valence-corrected chi connectivity index (χ3v) is 1.93. The van der Waals surface area contributed by atoms with Crippen molar-refractivity contribution in [2.75, 3.05) is 0 Å². The van der Waals surface area contributed by atoms with Gasteiger partial charge in [0, 0.05) is 17.4 Å². The van der Waals surface area contributed by atoms with Crippen molar-refractivity contribution in [3.05, 3.63) is 46.0 Å². The first-order valence-electron chi connectivity index (χ1n) is 4.49. The predicted molar refractivity (Wildman–Crippen MR) is 55.8 cm³/mol. The summed E-state index contributed by atoms with van der Waals surface area (Å²) in [6.45, 7) is 1.32. The highest BCUT2D eigenvalue weighted by Crippen LogP contribution is 1.98. The van der Waals surface area contributed by atoms with Crippen molar-refractivity contribution in [2.45, 2.75) is 19.1 Å². The van der Waals surface area contributed by atoms with Crippen LogP contribution in [0.4, 0.5) is 0 Å². The molecule has 4 heteroatoms. The zero-order valence-electron chi connectivity index (χ0n) is 8.25. The minimum absolute atomic E-state index is 0.551. The minimum atomic E-state index is -1.24. The van der Waals surface area contributed by atoms with Gasteiger partial charge in [0.25, 0.3) is 0 Å². The zero-order valence-corrected chi connectivity index (χ0v) is 8.25. The van der Waals surface area contributed by atoms with Crippen LogP contribution in [0.3, 0.4) is 0 Å². The average Bonchev–Trinajstić information content (AvgIpc) is 2.26. The molecule has 0 saturated heterocycles. The van der Waals surface area contributed by atoms with Gasteiger partial charge < -0.3 is 5.11 Å². The molecule has 1 rings (SSSR count). The monoisotopic (exact) mass is 205 g/mol. The Labute approximate surface area is 87.7 Å². The third-order valence-electron chi connectivity index (χ3n) is 1.93. The Hall–Kier alpha value is -1.86. The van der Waals surface area contributed by atoms with Crippen molar-refractivity contribution in [1.82, 2.24) is 0 Å². The molecule has 0 bridgehead atoms. The van der Waals surface area contributed by atoms with E-state index in [-0.39, 0.29) is 0 Å². The lowest BCUT2D eigenvalue weighted by molar-refractivity contribution is -0.526. The second-order valence-corrected chi connectivity index (χ2v) is 3.11. The molecule has 0 aliphatic rings. The Morgan fingerprint density at radius 2 is 2.00 bits per heavy atom. The molecule has 2 atom stereocenters. The maximum Gasteiger partial charge on any atom is 0.246 e. The summed E-state index contributed by atoms with van der Waals surface area (Å²) in [5.74, 6) is 5.12. The summed E-state index contributed by atoms with van der Waals surface area (Å²) >= 11 is 0. The number of aliphatic hydroxyl groups is 1. The number of rotatable bonds is 2. The number of aliphatic hydroxyl groups excluding tert-OH is 1. The highest BCUT2D eigenvalue weighted by atomic mass is 16.6. The Morgan fingerprint density at radius 1 is 1.40 bits per heavy atom. The van der Waals surface area contributed by atoms with Crippen LogP contribution in [-0.4, -0.2) is 22.2 Å². The van der Waals surface area contributed by atoms with E-state index < -0.39 is 17.1 Å². The zero-order chi connectivity index (χ0) is 11.3. The SMILES string of the molecule is C[C@H]([C@@H](O)C#Cc1ccccc1)[N+](=O)[O-]. The first kappa shape index (κ1) is 11.2. The molecule has 4 nitrogen and oxygen atoms in total. The van der Waals surface area contributed by atoms with Gasteiger partial charge in [-0.05, 0) is 12.1 Å². The third kappa shape index (κ3) is 3.41. The van der Waals surface area contributed by atoms with Gasteiger partial charge in [0.1, 0.15) is 0 Å². The lowest BCUT2D eigenvalue weighted by Gasteiger charge is -2.04. The molecule has 0 radical (unpaired) electrons. The standard InChI is InChI=1S/C11H11NO3/c1-9(12(14)15)11(13)8-7-10-5-3-2-4-6-10/h2-6,9,11,13H,1H3/t9-,11+/m1/s1. The molecular formula is C11H11NO3. The summed E-state index contributed by atoms with van der Waals surface area (Å²) in [5.41, 5.74) is 0.729. The summed E-state index contributed by atoms with van der Waals surface area (Å²) < 4.78 is 0. The van der Waals surface area contributed by atoms with Gasteiger partial charge in [-0.15, -0.1) is 0 Å². The fourth-order valence-corrected chi connectivity index (χ4v) is 0.915. The highest BCUT2D eigenvalue weighted by Gasteiger charge is 2.21. The summed E-state index contributed by atoms with van der Waals surface area (Å²) in [6.07, 6.45) is -1.24. The quantitative estimate of drug-likeness (QED) is 0.446. The van der Waals surface area contributed by atoms with Gasteiger partial charge in [-0.25, -0.2) is 0 Å². The second-order valence-electron chi connectivity index (χ2n) is 3.11. The summed E-state index contributed by atoms with van der Waals surface area (Å²) in [7, 11) is 0. The number of hydrogen-bond acceptors (Lipinski definition) is 3. The molecule has 78 valence electrons. The van der Waals surface area contributed by atoms with Crippen LogP contribution in [0.2, 0.25) is 0 Å². The van der Waals surface area contributed by atoms with Gasteiger partial charge in [0.2, 0.25) is 6.04 Å². The molecule has 15 heavy (non-hydrogen) atoms. The van der Waals surface area contributed by atoms with Gasteiger partial charge in [-0.2, -0.15) is 0 Å². The number of nitrogens with zero attached hydrogens (tertiary/aromatic N) is 1. The van der Waals surface area contributed by atoms with Gasteiger partial charge >= 0.3 is 0 Å². The van der Waals surface area contributed by atoms with Crippen LogP contribution in [0.25, 0.3) is 0 Å². The second kappa shape index (κ2) is 5.13. The Morgan fingerprint density at radius 3 is 2.53 bits per heavy atom. The van der Waals surface area contributed by atoms with Crippen molar-refractivity contribution < 1.29 is 10.0 Å². The molecule has 0 aliphatic carbocycles. The largest absolute Gasteiger partial charge is 0.374 e. The Balaban J connectivity index is 2.70. The van der Waals surface area contributed by atoms with Crippen molar-refractivity contribution in [3.8, 4) is 11.8 Å². The van der Waals surface area contributed by atoms with E-state index in [0.717, 1.165) is 5.56 Å². The normalized spacial score (nSPS) is 13.5. The molecule has 0 unspecified atom stereocenters.